The first kappa shape index (κ1) is 11.0. The summed E-state index contributed by atoms with van der Waals surface area (Å²) in [6.07, 6.45) is 0. The minimum Gasteiger partial charge on any atom is -0.351 e. The average Bonchev–Trinajstić information content (AvgIpc) is 2.02. The Morgan fingerprint density at radius 3 is 2.50 bits per heavy atom. The van der Waals surface area contributed by atoms with Crippen LogP contribution in [-0.4, -0.2) is 11.9 Å². The maximum absolute atomic E-state index is 11.1. The van der Waals surface area contributed by atoms with Crippen LogP contribution in [0.1, 0.15) is 6.92 Å². The zero-order valence-electron chi connectivity index (χ0n) is 7.53. The summed E-state index contributed by atoms with van der Waals surface area (Å²) in [5.74, 6) is -0.389. The molecule has 0 aliphatic carbocycles. The molecule has 2 N–H and O–H groups in total. The quantitative estimate of drug-likeness (QED) is 0.803. The number of carbonyl (C=O) groups excluding carboxylic acids is 2. The zero-order valence-corrected chi connectivity index (χ0v) is 9.69. The molecule has 0 atom stereocenters. The summed E-state index contributed by atoms with van der Waals surface area (Å²) in [6.45, 7) is 1.30. The first-order chi connectivity index (χ1) is 6.52. The molecule has 0 bridgehead atoms. The number of hydrogen-bond donors (Lipinski definition) is 1. The summed E-state index contributed by atoms with van der Waals surface area (Å²) in [5, 5.41) is 0. The van der Waals surface area contributed by atoms with Gasteiger partial charge in [0, 0.05) is 10.5 Å². The summed E-state index contributed by atoms with van der Waals surface area (Å²) in [4.78, 5) is 23.0. The molecule has 1 rings (SSSR count). The van der Waals surface area contributed by atoms with E-state index >= 15 is 0 Å². The molecule has 1 aromatic carbocycles. The third-order valence-corrected chi connectivity index (χ3v) is 2.27. The van der Waals surface area contributed by atoms with Crippen LogP contribution < -0.4 is 10.6 Å². The van der Waals surface area contributed by atoms with Gasteiger partial charge in [-0.05, 0) is 40.8 Å². The lowest BCUT2D eigenvalue weighted by Gasteiger charge is -2.16. The first-order valence-corrected chi connectivity index (χ1v) is 4.96. The number of primary amides is 1. The fourth-order valence-electron chi connectivity index (χ4n) is 1.08. The highest BCUT2D eigenvalue weighted by molar-refractivity contribution is 14.1. The van der Waals surface area contributed by atoms with Crippen LogP contribution in [0, 0.1) is 3.57 Å². The van der Waals surface area contributed by atoms with E-state index in [-0.39, 0.29) is 5.91 Å². The topological polar surface area (TPSA) is 63.4 Å². The van der Waals surface area contributed by atoms with Crippen molar-refractivity contribution in [3.8, 4) is 0 Å². The van der Waals surface area contributed by atoms with Gasteiger partial charge < -0.3 is 5.73 Å². The second kappa shape index (κ2) is 4.41. The molecule has 5 heteroatoms. The van der Waals surface area contributed by atoms with Crippen molar-refractivity contribution in [3.05, 3.63) is 27.8 Å². The standard InChI is InChI=1S/C9H9IN2O2/c1-6(13)12(9(11)14)8-4-2-3-7(10)5-8/h2-5H,1H3,(H2,11,14). The number of hydrogen-bond acceptors (Lipinski definition) is 2. The number of urea groups is 1. The van der Waals surface area contributed by atoms with Crippen LogP contribution in [0.15, 0.2) is 24.3 Å². The van der Waals surface area contributed by atoms with Gasteiger partial charge in [0.2, 0.25) is 5.91 Å². The summed E-state index contributed by atoms with van der Waals surface area (Å²) in [7, 11) is 0. The van der Waals surface area contributed by atoms with Crippen molar-refractivity contribution in [2.45, 2.75) is 6.92 Å². The Labute approximate surface area is 95.2 Å². The van der Waals surface area contributed by atoms with Crippen molar-refractivity contribution in [1.29, 1.82) is 0 Å². The van der Waals surface area contributed by atoms with Gasteiger partial charge in [-0.1, -0.05) is 6.07 Å². The summed E-state index contributed by atoms with van der Waals surface area (Å²) < 4.78 is 0.938. The molecule has 0 saturated heterocycles. The molecule has 1 aromatic rings. The smallest absolute Gasteiger partial charge is 0.326 e. The number of nitrogens with two attached hydrogens (primary N) is 1. The van der Waals surface area contributed by atoms with Gasteiger partial charge in [-0.25, -0.2) is 9.69 Å². The van der Waals surface area contributed by atoms with Crippen molar-refractivity contribution in [3.63, 3.8) is 0 Å². The SMILES string of the molecule is CC(=O)N(C(N)=O)c1cccc(I)c1. The Morgan fingerprint density at radius 1 is 1.43 bits per heavy atom. The van der Waals surface area contributed by atoms with Crippen molar-refractivity contribution < 1.29 is 9.59 Å². The molecule has 14 heavy (non-hydrogen) atoms. The van der Waals surface area contributed by atoms with E-state index in [4.69, 9.17) is 5.73 Å². The van der Waals surface area contributed by atoms with E-state index in [1.54, 1.807) is 18.2 Å². The molecule has 74 valence electrons. The Morgan fingerprint density at radius 2 is 2.07 bits per heavy atom. The van der Waals surface area contributed by atoms with Gasteiger partial charge in [-0.3, -0.25) is 4.79 Å². The Hall–Kier alpha value is -1.11. The molecule has 0 aromatic heterocycles. The zero-order chi connectivity index (χ0) is 10.7. The summed E-state index contributed by atoms with van der Waals surface area (Å²) in [5.41, 5.74) is 5.58. The maximum atomic E-state index is 11.1. The first-order valence-electron chi connectivity index (χ1n) is 3.88. The number of halogens is 1. The maximum Gasteiger partial charge on any atom is 0.326 e. The second-order valence-corrected chi connectivity index (χ2v) is 3.92. The fraction of sp³-hybridized carbons (Fsp3) is 0.111. The van der Waals surface area contributed by atoms with Crippen LogP contribution in [0.2, 0.25) is 0 Å². The van der Waals surface area contributed by atoms with Gasteiger partial charge in [-0.15, -0.1) is 0 Å². The lowest BCUT2D eigenvalue weighted by atomic mass is 10.3. The molecule has 0 spiro atoms. The van der Waals surface area contributed by atoms with E-state index in [2.05, 4.69) is 22.6 Å². The molecular formula is C9H9IN2O2. The Kier molecular flexibility index (Phi) is 3.45. The van der Waals surface area contributed by atoms with Gasteiger partial charge in [0.1, 0.15) is 0 Å². The van der Waals surface area contributed by atoms with Crippen LogP contribution in [0.5, 0.6) is 0 Å². The van der Waals surface area contributed by atoms with Crippen LogP contribution in [0.25, 0.3) is 0 Å². The van der Waals surface area contributed by atoms with E-state index in [0.29, 0.717) is 5.69 Å². The number of anilines is 1. The third-order valence-electron chi connectivity index (χ3n) is 1.60. The largest absolute Gasteiger partial charge is 0.351 e. The minimum atomic E-state index is -0.764. The van der Waals surface area contributed by atoms with E-state index in [1.807, 2.05) is 6.07 Å². The van der Waals surface area contributed by atoms with Gasteiger partial charge in [0.15, 0.2) is 0 Å². The van der Waals surface area contributed by atoms with E-state index in [1.165, 1.54) is 6.92 Å². The highest BCUT2D eigenvalue weighted by Crippen LogP contribution is 2.17. The second-order valence-electron chi connectivity index (χ2n) is 2.67. The van der Waals surface area contributed by atoms with E-state index in [0.717, 1.165) is 8.47 Å². The average molecular weight is 304 g/mol. The highest BCUT2D eigenvalue weighted by Gasteiger charge is 2.16. The van der Waals surface area contributed by atoms with Gasteiger partial charge in [-0.2, -0.15) is 0 Å². The minimum absolute atomic E-state index is 0.389. The van der Waals surface area contributed by atoms with Crippen LogP contribution in [0.3, 0.4) is 0 Å². The number of rotatable bonds is 1. The number of imide groups is 1. The van der Waals surface area contributed by atoms with Gasteiger partial charge in [0.25, 0.3) is 0 Å². The van der Waals surface area contributed by atoms with Gasteiger partial charge in [0.05, 0.1) is 5.69 Å². The lowest BCUT2D eigenvalue weighted by Crippen LogP contribution is -2.39. The highest BCUT2D eigenvalue weighted by atomic mass is 127. The van der Waals surface area contributed by atoms with E-state index in [9.17, 15) is 9.59 Å². The molecule has 4 nitrogen and oxygen atoms in total. The molecule has 0 aliphatic heterocycles. The molecule has 0 saturated carbocycles. The van der Waals surface area contributed by atoms with Crippen molar-refractivity contribution >= 4 is 40.2 Å². The molecule has 0 unspecified atom stereocenters. The molecule has 0 radical (unpaired) electrons. The predicted molar refractivity (Wildman–Crippen MR) is 61.9 cm³/mol. The fourth-order valence-corrected chi connectivity index (χ4v) is 1.61. The lowest BCUT2D eigenvalue weighted by molar-refractivity contribution is -0.115. The van der Waals surface area contributed by atoms with Crippen molar-refractivity contribution in [1.82, 2.24) is 0 Å². The van der Waals surface area contributed by atoms with Crippen LogP contribution >= 0.6 is 22.6 Å². The van der Waals surface area contributed by atoms with Crippen LogP contribution in [-0.2, 0) is 4.79 Å². The van der Waals surface area contributed by atoms with Gasteiger partial charge >= 0.3 is 6.03 Å². The number of carbonyl (C=O) groups is 2. The normalized spacial score (nSPS) is 9.57. The molecule has 0 aliphatic rings. The monoisotopic (exact) mass is 304 g/mol. The Bertz CT molecular complexity index is 365. The predicted octanol–water partition coefficient (Wildman–Crippen LogP) is 1.72. The number of benzene rings is 1. The van der Waals surface area contributed by atoms with Crippen molar-refractivity contribution in [2.75, 3.05) is 4.90 Å². The summed E-state index contributed by atoms with van der Waals surface area (Å²) in [6, 6.07) is 6.24. The molecule has 0 fully saturated rings. The number of amides is 3. The molecular weight excluding hydrogens is 295 g/mol. The Balaban J connectivity index is 3.12. The van der Waals surface area contributed by atoms with Crippen molar-refractivity contribution in [2.24, 2.45) is 5.73 Å². The third kappa shape index (κ3) is 2.44. The van der Waals surface area contributed by atoms with E-state index < -0.39 is 6.03 Å². The molecule has 3 amide bonds. The van der Waals surface area contributed by atoms with Crippen LogP contribution in [0.4, 0.5) is 10.5 Å². The molecule has 0 heterocycles. The number of nitrogens with zero attached hydrogens (tertiary/aromatic N) is 1. The summed E-state index contributed by atoms with van der Waals surface area (Å²) >= 11 is 2.10.